The average molecular weight is 320 g/mol. The van der Waals surface area contributed by atoms with Crippen LogP contribution in [0, 0.1) is 0 Å². The molecule has 1 aromatic carbocycles. The lowest BCUT2D eigenvalue weighted by atomic mass is 10.2. The summed E-state index contributed by atoms with van der Waals surface area (Å²) in [6, 6.07) is 3.56. The highest BCUT2D eigenvalue weighted by Crippen LogP contribution is 2.22. The Bertz CT molecular complexity index is 590. The highest BCUT2D eigenvalue weighted by molar-refractivity contribution is 7.89. The Labute approximate surface area is 123 Å². The van der Waals surface area contributed by atoms with Crippen molar-refractivity contribution in [1.82, 2.24) is 10.0 Å². The molecule has 0 saturated carbocycles. The Morgan fingerprint density at radius 1 is 1.45 bits per heavy atom. The summed E-state index contributed by atoms with van der Waals surface area (Å²) >= 11 is 5.94. The van der Waals surface area contributed by atoms with E-state index in [9.17, 15) is 13.2 Å². The van der Waals surface area contributed by atoms with E-state index in [1.165, 1.54) is 19.1 Å². The molecule has 1 amide bonds. The van der Waals surface area contributed by atoms with E-state index in [0.29, 0.717) is 6.54 Å². The van der Waals surface area contributed by atoms with Crippen LogP contribution >= 0.6 is 11.6 Å². The van der Waals surface area contributed by atoms with Gasteiger partial charge in [0.15, 0.2) is 0 Å². The zero-order chi connectivity index (χ0) is 15.3. The molecule has 0 aliphatic carbocycles. The molecule has 0 fully saturated rings. The number of carbonyl (C=O) groups excluding carboxylic acids is 1. The number of amides is 1. The smallest absolute Gasteiger partial charge is 0.242 e. The highest BCUT2D eigenvalue weighted by atomic mass is 35.5. The van der Waals surface area contributed by atoms with Crippen LogP contribution in [0.3, 0.4) is 0 Å². The number of sulfonamides is 1. The number of halogens is 1. The predicted octanol–water partition coefficient (Wildman–Crippen LogP) is 0.602. The summed E-state index contributed by atoms with van der Waals surface area (Å²) in [5.74, 6) is -0.397. The molecule has 0 radical (unpaired) electrons. The molecule has 112 valence electrons. The maximum absolute atomic E-state index is 12.2. The van der Waals surface area contributed by atoms with Gasteiger partial charge in [0.2, 0.25) is 15.9 Å². The fourth-order valence-corrected chi connectivity index (χ4v) is 3.34. The standard InChI is InChI=1S/C12H18ClN3O3S/c1-3-15-12(17)8(2)16-20(18,19)11-5-4-9(7-14)6-10(11)13/h4-6,8,16H,3,7,14H2,1-2H3,(H,15,17). The third-order valence-electron chi connectivity index (χ3n) is 2.60. The zero-order valence-electron chi connectivity index (χ0n) is 11.3. The quantitative estimate of drug-likeness (QED) is 0.714. The van der Waals surface area contributed by atoms with E-state index in [-0.39, 0.29) is 16.5 Å². The summed E-state index contributed by atoms with van der Waals surface area (Å²) in [4.78, 5) is 11.5. The van der Waals surface area contributed by atoms with Gasteiger partial charge in [0.25, 0.3) is 0 Å². The summed E-state index contributed by atoms with van der Waals surface area (Å²) in [6.45, 7) is 3.91. The van der Waals surface area contributed by atoms with Crippen molar-refractivity contribution in [2.45, 2.75) is 31.3 Å². The minimum atomic E-state index is -3.86. The van der Waals surface area contributed by atoms with Crippen LogP contribution in [0.5, 0.6) is 0 Å². The Kier molecular flexibility index (Phi) is 5.94. The van der Waals surface area contributed by atoms with Crippen LogP contribution in [0.15, 0.2) is 23.1 Å². The van der Waals surface area contributed by atoms with Crippen LogP contribution in [0.1, 0.15) is 19.4 Å². The second-order valence-corrected chi connectivity index (χ2v) is 6.30. The van der Waals surface area contributed by atoms with Gasteiger partial charge in [-0.25, -0.2) is 8.42 Å². The summed E-state index contributed by atoms with van der Waals surface area (Å²) < 4.78 is 26.6. The van der Waals surface area contributed by atoms with Gasteiger partial charge in [0, 0.05) is 13.1 Å². The summed E-state index contributed by atoms with van der Waals surface area (Å²) in [7, 11) is -3.86. The Hall–Kier alpha value is -1.15. The van der Waals surface area contributed by atoms with Crippen molar-refractivity contribution in [3.8, 4) is 0 Å². The van der Waals surface area contributed by atoms with Gasteiger partial charge in [-0.15, -0.1) is 0 Å². The molecule has 1 unspecified atom stereocenters. The summed E-state index contributed by atoms with van der Waals surface area (Å²) in [5.41, 5.74) is 6.18. The molecule has 0 spiro atoms. The van der Waals surface area contributed by atoms with Crippen molar-refractivity contribution in [3.63, 3.8) is 0 Å². The minimum Gasteiger partial charge on any atom is -0.355 e. The first-order chi connectivity index (χ1) is 9.31. The van der Waals surface area contributed by atoms with Gasteiger partial charge in [-0.1, -0.05) is 17.7 Å². The van der Waals surface area contributed by atoms with Crippen molar-refractivity contribution in [2.75, 3.05) is 6.54 Å². The molecule has 1 rings (SSSR count). The average Bonchev–Trinajstić information content (AvgIpc) is 2.37. The lowest BCUT2D eigenvalue weighted by molar-refractivity contribution is -0.122. The fraction of sp³-hybridized carbons (Fsp3) is 0.417. The number of hydrogen-bond donors (Lipinski definition) is 3. The van der Waals surface area contributed by atoms with Crippen LogP contribution in [0.4, 0.5) is 0 Å². The minimum absolute atomic E-state index is 0.0727. The Morgan fingerprint density at radius 2 is 2.10 bits per heavy atom. The van der Waals surface area contributed by atoms with E-state index in [1.807, 2.05) is 0 Å². The first-order valence-electron chi connectivity index (χ1n) is 6.10. The number of hydrogen-bond acceptors (Lipinski definition) is 4. The van der Waals surface area contributed by atoms with Crippen LogP contribution < -0.4 is 15.8 Å². The van der Waals surface area contributed by atoms with Crippen LogP contribution in [-0.2, 0) is 21.4 Å². The maximum Gasteiger partial charge on any atom is 0.242 e. The van der Waals surface area contributed by atoms with E-state index >= 15 is 0 Å². The van der Waals surface area contributed by atoms with Gasteiger partial charge in [0.1, 0.15) is 4.90 Å². The molecule has 0 bridgehead atoms. The molecule has 0 aliphatic rings. The van der Waals surface area contributed by atoms with Gasteiger partial charge >= 0.3 is 0 Å². The number of nitrogens with two attached hydrogens (primary N) is 1. The van der Waals surface area contributed by atoms with Crippen LogP contribution in [-0.4, -0.2) is 26.9 Å². The Morgan fingerprint density at radius 3 is 2.60 bits per heavy atom. The van der Waals surface area contributed by atoms with E-state index < -0.39 is 22.0 Å². The maximum atomic E-state index is 12.2. The monoisotopic (exact) mass is 319 g/mol. The molecule has 0 heterocycles. The summed E-state index contributed by atoms with van der Waals surface area (Å²) in [5, 5.41) is 2.61. The van der Waals surface area contributed by atoms with Crippen molar-refractivity contribution in [1.29, 1.82) is 0 Å². The van der Waals surface area contributed by atoms with Gasteiger partial charge in [-0.05, 0) is 31.5 Å². The van der Waals surface area contributed by atoms with E-state index in [2.05, 4.69) is 10.0 Å². The molecule has 8 heteroatoms. The number of nitrogens with one attached hydrogen (secondary N) is 2. The number of rotatable bonds is 6. The zero-order valence-corrected chi connectivity index (χ0v) is 12.9. The molecule has 20 heavy (non-hydrogen) atoms. The van der Waals surface area contributed by atoms with Crippen LogP contribution in [0.25, 0.3) is 0 Å². The number of carbonyl (C=O) groups is 1. The molecule has 0 aromatic heterocycles. The second-order valence-electron chi connectivity index (χ2n) is 4.21. The topological polar surface area (TPSA) is 101 Å². The first kappa shape index (κ1) is 16.9. The first-order valence-corrected chi connectivity index (χ1v) is 7.96. The third-order valence-corrected chi connectivity index (χ3v) is 4.62. The summed E-state index contributed by atoms with van der Waals surface area (Å²) in [6.07, 6.45) is 0. The number of likely N-dealkylation sites (N-methyl/N-ethyl adjacent to an activating group) is 1. The van der Waals surface area contributed by atoms with Crippen molar-refractivity contribution < 1.29 is 13.2 Å². The normalized spacial score (nSPS) is 13.0. The van der Waals surface area contributed by atoms with E-state index in [0.717, 1.165) is 5.56 Å². The van der Waals surface area contributed by atoms with E-state index in [1.54, 1.807) is 13.0 Å². The van der Waals surface area contributed by atoms with Crippen molar-refractivity contribution >= 4 is 27.5 Å². The van der Waals surface area contributed by atoms with Gasteiger partial charge < -0.3 is 11.1 Å². The molecule has 1 aromatic rings. The van der Waals surface area contributed by atoms with E-state index in [4.69, 9.17) is 17.3 Å². The number of benzene rings is 1. The van der Waals surface area contributed by atoms with Crippen molar-refractivity contribution in [3.05, 3.63) is 28.8 Å². The lowest BCUT2D eigenvalue weighted by Crippen LogP contribution is -2.44. The SMILES string of the molecule is CCNC(=O)C(C)NS(=O)(=O)c1ccc(CN)cc1Cl. The largest absolute Gasteiger partial charge is 0.355 e. The van der Waals surface area contributed by atoms with Crippen molar-refractivity contribution in [2.24, 2.45) is 5.73 Å². The fourth-order valence-electron chi connectivity index (χ4n) is 1.57. The molecule has 1 atom stereocenters. The second kappa shape index (κ2) is 7.03. The molecular formula is C12H18ClN3O3S. The predicted molar refractivity (Wildman–Crippen MR) is 77.8 cm³/mol. The Balaban J connectivity index is 2.97. The van der Waals surface area contributed by atoms with Crippen LogP contribution in [0.2, 0.25) is 5.02 Å². The molecule has 0 saturated heterocycles. The van der Waals surface area contributed by atoms with Gasteiger partial charge in [0.05, 0.1) is 11.1 Å². The van der Waals surface area contributed by atoms with Gasteiger partial charge in [-0.3, -0.25) is 4.79 Å². The molecule has 0 aliphatic heterocycles. The molecule has 6 nitrogen and oxygen atoms in total. The highest BCUT2D eigenvalue weighted by Gasteiger charge is 2.23. The third kappa shape index (κ3) is 4.17. The molecular weight excluding hydrogens is 302 g/mol. The lowest BCUT2D eigenvalue weighted by Gasteiger charge is -2.14. The molecule has 4 N–H and O–H groups in total. The van der Waals surface area contributed by atoms with Gasteiger partial charge in [-0.2, -0.15) is 4.72 Å².